The summed E-state index contributed by atoms with van der Waals surface area (Å²) in [5.41, 5.74) is 3.73. The minimum atomic E-state index is -0.616. The van der Waals surface area contributed by atoms with Crippen LogP contribution in [0.5, 0.6) is 5.75 Å². The van der Waals surface area contributed by atoms with Crippen LogP contribution in [0.1, 0.15) is 49.9 Å². The van der Waals surface area contributed by atoms with Gasteiger partial charge in [0, 0.05) is 61.0 Å². The lowest BCUT2D eigenvalue weighted by Gasteiger charge is -2.31. The number of halogens is 1. The van der Waals surface area contributed by atoms with Crippen molar-refractivity contribution in [3.05, 3.63) is 82.3 Å². The summed E-state index contributed by atoms with van der Waals surface area (Å²) in [4.78, 5) is 50.6. The zero-order valence-corrected chi connectivity index (χ0v) is 29.3. The van der Waals surface area contributed by atoms with Gasteiger partial charge in [0.2, 0.25) is 11.8 Å². The lowest BCUT2D eigenvalue weighted by Crippen LogP contribution is -2.47. The summed E-state index contributed by atoms with van der Waals surface area (Å²) in [6.45, 7) is 4.89. The number of nitrogens with one attached hydrogen (secondary N) is 3. The minimum Gasteiger partial charge on any atom is -0.493 e. The zero-order chi connectivity index (χ0) is 35.2. The molecule has 3 N–H and O–H groups in total. The van der Waals surface area contributed by atoms with Crippen molar-refractivity contribution in [1.82, 2.24) is 25.2 Å². The molecule has 0 bridgehead atoms. The van der Waals surface area contributed by atoms with Crippen molar-refractivity contribution < 1.29 is 23.5 Å². The van der Waals surface area contributed by atoms with Gasteiger partial charge in [0.1, 0.15) is 28.8 Å². The molecule has 3 aliphatic rings. The van der Waals surface area contributed by atoms with Gasteiger partial charge in [0.05, 0.1) is 23.6 Å². The molecule has 51 heavy (non-hydrogen) atoms. The van der Waals surface area contributed by atoms with Gasteiger partial charge in [-0.3, -0.25) is 24.7 Å². The lowest BCUT2D eigenvalue weighted by atomic mass is 9.97. The number of H-pyrrole nitrogens is 1. The molecule has 4 aromatic rings. The van der Waals surface area contributed by atoms with E-state index >= 15 is 0 Å². The van der Waals surface area contributed by atoms with Crippen LogP contribution in [0, 0.1) is 11.7 Å². The third-order valence-electron chi connectivity index (χ3n) is 9.90. The molecular formula is C38H43FN6O5S. The summed E-state index contributed by atoms with van der Waals surface area (Å²) >= 11 is 1.75. The first-order valence-electron chi connectivity index (χ1n) is 17.8. The second kappa shape index (κ2) is 16.3. The topological polar surface area (TPSA) is 139 Å². The van der Waals surface area contributed by atoms with E-state index in [0.717, 1.165) is 81.9 Å². The molecule has 3 saturated heterocycles. The van der Waals surface area contributed by atoms with Gasteiger partial charge in [-0.05, 0) is 81.3 Å². The molecule has 7 rings (SSSR count). The highest BCUT2D eigenvalue weighted by Gasteiger charge is 2.26. The van der Waals surface area contributed by atoms with Gasteiger partial charge >= 0.3 is 0 Å². The number of carbonyl (C=O) groups excluding carboxylic acids is 2. The molecule has 11 nitrogen and oxygen atoms in total. The number of imide groups is 1. The molecule has 0 radical (unpaired) electrons. The minimum absolute atomic E-state index is 0.0319. The molecule has 3 aliphatic heterocycles. The quantitative estimate of drug-likeness (QED) is 0.170. The first-order chi connectivity index (χ1) is 24.9. The summed E-state index contributed by atoms with van der Waals surface area (Å²) < 4.78 is 26.5. The number of carbonyl (C=O) groups is 2. The fourth-order valence-corrected chi connectivity index (χ4v) is 7.89. The number of nitrogens with zero attached hydrogens (tertiary/aromatic N) is 3. The van der Waals surface area contributed by atoms with Gasteiger partial charge in [-0.2, -0.15) is 11.8 Å². The number of piperidine rings is 2. The normalized spacial score (nSPS) is 19.3. The highest BCUT2D eigenvalue weighted by molar-refractivity contribution is 7.99. The summed E-state index contributed by atoms with van der Waals surface area (Å²) in [5, 5.41) is 6.01. The smallest absolute Gasteiger partial charge is 0.261 e. The van der Waals surface area contributed by atoms with Crippen LogP contribution in [-0.4, -0.2) is 82.4 Å². The van der Waals surface area contributed by atoms with E-state index in [0.29, 0.717) is 53.5 Å². The van der Waals surface area contributed by atoms with E-state index in [-0.39, 0.29) is 17.2 Å². The van der Waals surface area contributed by atoms with E-state index in [2.05, 4.69) is 31.6 Å². The highest BCUT2D eigenvalue weighted by Crippen LogP contribution is 2.27. The summed E-state index contributed by atoms with van der Waals surface area (Å²) in [5.74, 6) is 0.748. The lowest BCUT2D eigenvalue weighted by molar-refractivity contribution is -0.133. The number of aromatic nitrogens is 3. The van der Waals surface area contributed by atoms with Crippen molar-refractivity contribution in [2.45, 2.75) is 62.0 Å². The van der Waals surface area contributed by atoms with Crippen molar-refractivity contribution in [3.63, 3.8) is 0 Å². The number of hydrogen-bond donors (Lipinski definition) is 3. The molecular weight excluding hydrogens is 672 g/mol. The first kappa shape index (κ1) is 35.1. The predicted octanol–water partition coefficient (Wildman–Crippen LogP) is 5.09. The second-order valence-corrected chi connectivity index (χ2v) is 14.8. The van der Waals surface area contributed by atoms with Crippen molar-refractivity contribution in [2.75, 3.05) is 44.8 Å². The van der Waals surface area contributed by atoms with Crippen LogP contribution in [0.25, 0.3) is 22.2 Å². The molecule has 0 spiro atoms. The zero-order valence-electron chi connectivity index (χ0n) is 28.5. The standard InChI is InChI=1S/C38H43FN6O5S/c39-30-19-28(20-33-36(30)38(48)43-34(42-33)23-51-29-12-17-49-18-13-29)50-22-25-10-15-45(16-11-25)14-9-24-1-6-31(40-21-24)26-2-4-27(5-3-26)41-32-7-8-35(46)44-37(32)47/h1-6,19-21,25,29,32,41H,7-18,22-23H2,(H,42,43,48)(H,44,46,47). The van der Waals surface area contributed by atoms with E-state index in [1.807, 2.05) is 36.5 Å². The Morgan fingerprint density at radius 3 is 2.55 bits per heavy atom. The number of hydrogen-bond acceptors (Lipinski definition) is 10. The molecule has 2 amide bonds. The molecule has 3 fully saturated rings. The maximum absolute atomic E-state index is 15.0. The highest BCUT2D eigenvalue weighted by atomic mass is 32.2. The number of aromatic amines is 1. The molecule has 2 aromatic carbocycles. The fraction of sp³-hybridized carbons (Fsp3) is 0.447. The molecule has 2 aromatic heterocycles. The van der Waals surface area contributed by atoms with Crippen LogP contribution >= 0.6 is 11.8 Å². The fourth-order valence-electron chi connectivity index (χ4n) is 6.83. The molecule has 0 saturated carbocycles. The van der Waals surface area contributed by atoms with Gasteiger partial charge in [0.25, 0.3) is 5.56 Å². The van der Waals surface area contributed by atoms with Crippen LogP contribution in [0.2, 0.25) is 0 Å². The van der Waals surface area contributed by atoms with Gasteiger partial charge in [-0.1, -0.05) is 18.2 Å². The SMILES string of the molecule is O=C1CCC(Nc2ccc(-c3ccc(CCN4CCC(COc5cc(F)c6c(=O)[nH]c(CSC7CCOCC7)nc6c5)CC4)cn3)cc2)C(=O)N1. The number of pyridine rings is 1. The molecule has 1 unspecified atom stereocenters. The van der Waals surface area contributed by atoms with Crippen LogP contribution in [0.4, 0.5) is 10.1 Å². The van der Waals surface area contributed by atoms with Crippen molar-refractivity contribution >= 4 is 40.2 Å². The van der Waals surface area contributed by atoms with E-state index in [1.54, 1.807) is 17.8 Å². The number of rotatable bonds is 12. The van der Waals surface area contributed by atoms with E-state index in [1.165, 1.54) is 11.6 Å². The number of anilines is 1. The first-order valence-corrected chi connectivity index (χ1v) is 18.8. The van der Waals surface area contributed by atoms with Crippen molar-refractivity contribution in [2.24, 2.45) is 5.92 Å². The molecule has 5 heterocycles. The van der Waals surface area contributed by atoms with Crippen molar-refractivity contribution in [3.8, 4) is 17.0 Å². The molecule has 0 aliphatic carbocycles. The number of ether oxygens (including phenoxy) is 2. The maximum Gasteiger partial charge on any atom is 0.261 e. The number of fused-ring (bicyclic) bond motifs is 1. The number of benzene rings is 2. The molecule has 268 valence electrons. The Morgan fingerprint density at radius 1 is 1.00 bits per heavy atom. The summed E-state index contributed by atoms with van der Waals surface area (Å²) in [7, 11) is 0. The summed E-state index contributed by atoms with van der Waals surface area (Å²) in [6, 6.07) is 14.5. The van der Waals surface area contributed by atoms with Crippen LogP contribution in [-0.2, 0) is 26.5 Å². The van der Waals surface area contributed by atoms with Gasteiger partial charge in [-0.15, -0.1) is 0 Å². The van der Waals surface area contributed by atoms with Gasteiger partial charge in [-0.25, -0.2) is 9.37 Å². The van der Waals surface area contributed by atoms with Gasteiger partial charge < -0.3 is 24.7 Å². The Hall–Kier alpha value is -4.33. The Bertz CT molecular complexity index is 1890. The largest absolute Gasteiger partial charge is 0.493 e. The van der Waals surface area contributed by atoms with Gasteiger partial charge in [0.15, 0.2) is 0 Å². The van der Waals surface area contributed by atoms with Crippen molar-refractivity contribution in [1.29, 1.82) is 0 Å². The Labute approximate surface area is 300 Å². The molecule has 13 heteroatoms. The van der Waals surface area contributed by atoms with Crippen LogP contribution in [0.3, 0.4) is 0 Å². The number of amides is 2. The third-order valence-corrected chi connectivity index (χ3v) is 11.3. The van der Waals surface area contributed by atoms with Crippen LogP contribution in [0.15, 0.2) is 59.5 Å². The van der Waals surface area contributed by atoms with E-state index in [4.69, 9.17) is 14.5 Å². The Kier molecular flexibility index (Phi) is 11.2. The maximum atomic E-state index is 15.0. The third kappa shape index (κ3) is 9.13. The van der Waals surface area contributed by atoms with E-state index < -0.39 is 17.4 Å². The Balaban J connectivity index is 0.849. The number of thioether (sulfide) groups is 1. The predicted molar refractivity (Wildman–Crippen MR) is 195 cm³/mol. The second-order valence-electron chi connectivity index (χ2n) is 13.6. The average molecular weight is 715 g/mol. The monoisotopic (exact) mass is 714 g/mol. The Morgan fingerprint density at radius 2 is 1.80 bits per heavy atom. The molecule has 1 atom stereocenters. The van der Waals surface area contributed by atoms with Crippen LogP contribution < -0.4 is 20.9 Å². The average Bonchev–Trinajstić information content (AvgIpc) is 3.14. The van der Waals surface area contributed by atoms with E-state index in [9.17, 15) is 18.8 Å². The summed E-state index contributed by atoms with van der Waals surface area (Å²) in [6.07, 6.45) is 7.61. The number of likely N-dealkylation sites (tertiary alicyclic amines) is 1.